The summed E-state index contributed by atoms with van der Waals surface area (Å²) in [6.45, 7) is 9.51. The third-order valence-electron chi connectivity index (χ3n) is 5.66. The van der Waals surface area contributed by atoms with Crippen LogP contribution < -0.4 is 10.3 Å². The molecule has 4 aromatic rings. The van der Waals surface area contributed by atoms with Crippen molar-refractivity contribution in [1.29, 1.82) is 0 Å². The van der Waals surface area contributed by atoms with Crippen molar-refractivity contribution in [1.82, 2.24) is 19.5 Å². The molecule has 0 atom stereocenters. The van der Waals surface area contributed by atoms with E-state index in [-0.39, 0.29) is 32.8 Å². The van der Waals surface area contributed by atoms with E-state index in [1.807, 2.05) is 27.7 Å². The first-order chi connectivity index (χ1) is 17.4. The van der Waals surface area contributed by atoms with Gasteiger partial charge in [-0.3, -0.25) is 14.3 Å². The van der Waals surface area contributed by atoms with Crippen LogP contribution in [0.25, 0.3) is 17.1 Å². The summed E-state index contributed by atoms with van der Waals surface area (Å²) in [6, 6.07) is 6.57. The fourth-order valence-electron chi connectivity index (χ4n) is 3.67. The summed E-state index contributed by atoms with van der Waals surface area (Å²) in [6.07, 6.45) is 3.23. The van der Waals surface area contributed by atoms with E-state index in [0.29, 0.717) is 28.6 Å². The maximum absolute atomic E-state index is 14.0. The van der Waals surface area contributed by atoms with Crippen molar-refractivity contribution in [2.75, 3.05) is 0 Å². The molecule has 192 valence electrons. The lowest BCUT2D eigenvalue weighted by atomic mass is 9.95. The van der Waals surface area contributed by atoms with Crippen LogP contribution >= 0.6 is 27.5 Å². The van der Waals surface area contributed by atoms with E-state index in [1.54, 1.807) is 25.3 Å². The molecule has 6 nitrogen and oxygen atoms in total. The van der Waals surface area contributed by atoms with Gasteiger partial charge in [-0.1, -0.05) is 32.4 Å². The molecule has 0 N–H and O–H groups in total. The minimum absolute atomic E-state index is 0.128. The fourth-order valence-corrected chi connectivity index (χ4v) is 4.27. The number of benzene rings is 1. The lowest BCUT2D eigenvalue weighted by Crippen LogP contribution is -2.22. The molecule has 0 fully saturated rings. The summed E-state index contributed by atoms with van der Waals surface area (Å²) in [7, 11) is 0. The molecule has 3 aromatic heterocycles. The quantitative estimate of drug-likeness (QED) is 0.254. The summed E-state index contributed by atoms with van der Waals surface area (Å²) in [5.74, 6) is -0.524. The molecule has 0 saturated heterocycles. The lowest BCUT2D eigenvalue weighted by molar-refractivity contribution is 0.296. The first-order valence-electron chi connectivity index (χ1n) is 11.4. The number of pyridine rings is 2. The fraction of sp³-hybridized carbons (Fsp3) is 0.259. The molecule has 0 aliphatic rings. The Morgan fingerprint density at radius 1 is 1.08 bits per heavy atom. The van der Waals surface area contributed by atoms with Gasteiger partial charge in [-0.15, -0.1) is 0 Å². The van der Waals surface area contributed by atoms with Crippen LogP contribution in [0.3, 0.4) is 0 Å². The number of nitrogens with zero attached hydrogens (tertiary/aromatic N) is 4. The van der Waals surface area contributed by atoms with E-state index in [4.69, 9.17) is 21.3 Å². The number of ether oxygens (including phenoxy) is 1. The van der Waals surface area contributed by atoms with Crippen LogP contribution in [0.15, 0.2) is 52.0 Å². The van der Waals surface area contributed by atoms with Crippen molar-refractivity contribution in [2.24, 2.45) is 0 Å². The van der Waals surface area contributed by atoms with Crippen LogP contribution in [0.4, 0.5) is 8.78 Å². The van der Waals surface area contributed by atoms with Crippen LogP contribution in [-0.2, 0) is 12.0 Å². The van der Waals surface area contributed by atoms with Gasteiger partial charge >= 0.3 is 0 Å². The van der Waals surface area contributed by atoms with Gasteiger partial charge in [0.25, 0.3) is 5.56 Å². The highest BCUT2D eigenvalue weighted by Crippen LogP contribution is 2.31. The van der Waals surface area contributed by atoms with E-state index in [0.717, 1.165) is 17.7 Å². The second-order valence-corrected chi connectivity index (χ2v) is 10.8. The van der Waals surface area contributed by atoms with Gasteiger partial charge in [-0.2, -0.15) is 0 Å². The Hall–Kier alpha value is -3.17. The average molecular weight is 590 g/mol. The van der Waals surface area contributed by atoms with Gasteiger partial charge in [-0.25, -0.2) is 18.7 Å². The molecule has 0 spiro atoms. The van der Waals surface area contributed by atoms with Crippen molar-refractivity contribution in [2.45, 2.75) is 46.6 Å². The molecule has 0 saturated carbocycles. The van der Waals surface area contributed by atoms with E-state index >= 15 is 0 Å². The molecule has 0 amide bonds. The molecule has 37 heavy (non-hydrogen) atoms. The van der Waals surface area contributed by atoms with E-state index in [9.17, 15) is 13.6 Å². The maximum atomic E-state index is 14.0. The van der Waals surface area contributed by atoms with Crippen molar-refractivity contribution >= 4 is 27.5 Å². The number of halogens is 4. The topological polar surface area (TPSA) is 69.9 Å². The normalized spacial score (nSPS) is 11.6. The summed E-state index contributed by atoms with van der Waals surface area (Å²) in [5.41, 5.74) is 2.43. The highest BCUT2D eigenvalue weighted by Gasteiger charge is 2.21. The third kappa shape index (κ3) is 5.57. The summed E-state index contributed by atoms with van der Waals surface area (Å²) in [4.78, 5) is 27.0. The Balaban J connectivity index is 1.75. The van der Waals surface area contributed by atoms with Crippen molar-refractivity contribution in [3.05, 3.63) is 96.9 Å². The molecule has 3 heterocycles. The molecular formula is C27H24BrClF2N4O2. The molecule has 0 unspecified atom stereocenters. The van der Waals surface area contributed by atoms with E-state index in [2.05, 4.69) is 25.9 Å². The summed E-state index contributed by atoms with van der Waals surface area (Å²) < 4.78 is 34.5. The van der Waals surface area contributed by atoms with Crippen LogP contribution in [0.2, 0.25) is 5.02 Å². The van der Waals surface area contributed by atoms with Crippen LogP contribution in [0, 0.1) is 25.5 Å². The molecule has 0 bridgehead atoms. The van der Waals surface area contributed by atoms with Gasteiger partial charge in [-0.05, 0) is 53.5 Å². The molecule has 0 radical (unpaired) electrons. The smallest absolute Gasteiger partial charge is 0.273 e. The minimum atomic E-state index is -0.730. The SMILES string of the molecule is Cc1cnc(C(C)(C)C)nc1-c1cc(-n2c(C)cc(OCc3ccc(F)cc3F)c(Br)c2=O)c(Cl)cn1. The minimum Gasteiger partial charge on any atom is -0.487 e. The predicted octanol–water partition coefficient (Wildman–Crippen LogP) is 6.88. The largest absolute Gasteiger partial charge is 0.487 e. The Morgan fingerprint density at radius 3 is 2.49 bits per heavy atom. The predicted molar refractivity (Wildman–Crippen MR) is 142 cm³/mol. The molecular weight excluding hydrogens is 566 g/mol. The van der Waals surface area contributed by atoms with Gasteiger partial charge in [0.2, 0.25) is 0 Å². The molecule has 0 aliphatic carbocycles. The third-order valence-corrected chi connectivity index (χ3v) is 6.68. The number of aromatic nitrogens is 4. The zero-order valence-corrected chi connectivity index (χ0v) is 23.2. The highest BCUT2D eigenvalue weighted by molar-refractivity contribution is 9.10. The number of hydrogen-bond acceptors (Lipinski definition) is 5. The molecule has 0 aliphatic heterocycles. The molecule has 10 heteroatoms. The Kier molecular flexibility index (Phi) is 7.48. The van der Waals surface area contributed by atoms with Gasteiger partial charge in [0, 0.05) is 41.2 Å². The van der Waals surface area contributed by atoms with Crippen molar-refractivity contribution < 1.29 is 13.5 Å². The number of hydrogen-bond donors (Lipinski definition) is 0. The highest BCUT2D eigenvalue weighted by atomic mass is 79.9. The molecule has 1 aromatic carbocycles. The van der Waals surface area contributed by atoms with Crippen molar-refractivity contribution in [3.63, 3.8) is 0 Å². The number of aryl methyl sites for hydroxylation is 2. The van der Waals surface area contributed by atoms with Gasteiger partial charge < -0.3 is 4.74 Å². The van der Waals surface area contributed by atoms with E-state index < -0.39 is 17.2 Å². The van der Waals surface area contributed by atoms with Crippen molar-refractivity contribution in [3.8, 4) is 22.8 Å². The number of rotatable bonds is 5. The molecule has 4 rings (SSSR count). The van der Waals surface area contributed by atoms with Crippen LogP contribution in [-0.4, -0.2) is 19.5 Å². The van der Waals surface area contributed by atoms with Crippen LogP contribution in [0.5, 0.6) is 5.75 Å². The second-order valence-electron chi connectivity index (χ2n) is 9.63. The Morgan fingerprint density at radius 2 is 1.81 bits per heavy atom. The lowest BCUT2D eigenvalue weighted by Gasteiger charge is -2.19. The van der Waals surface area contributed by atoms with E-state index in [1.165, 1.54) is 16.8 Å². The van der Waals surface area contributed by atoms with Crippen LogP contribution in [0.1, 0.15) is 43.4 Å². The standard InChI is InChI=1S/C27H24BrClF2N4O2/c1-14-11-33-26(27(3,4)5)34-24(14)20-10-21(18(29)12-32-20)35-15(2)8-22(23(28)25(35)36)37-13-16-6-7-17(30)9-19(16)31/h6-12H,13H2,1-5H3. The average Bonchev–Trinajstić information content (AvgIpc) is 2.82. The van der Waals surface area contributed by atoms with Gasteiger partial charge in [0.15, 0.2) is 0 Å². The maximum Gasteiger partial charge on any atom is 0.273 e. The second kappa shape index (κ2) is 10.3. The summed E-state index contributed by atoms with van der Waals surface area (Å²) >= 11 is 9.80. The zero-order chi connectivity index (χ0) is 27.1. The first-order valence-corrected chi connectivity index (χ1v) is 12.5. The summed E-state index contributed by atoms with van der Waals surface area (Å²) in [5, 5.41) is 0.269. The van der Waals surface area contributed by atoms with Gasteiger partial charge in [0.05, 0.1) is 22.1 Å². The first kappa shape index (κ1) is 26.9. The Bertz CT molecular complexity index is 1570. The zero-order valence-electron chi connectivity index (χ0n) is 20.9. The Labute approximate surface area is 226 Å². The van der Waals surface area contributed by atoms with Gasteiger partial charge in [0.1, 0.15) is 34.3 Å². The monoisotopic (exact) mass is 588 g/mol.